The third-order valence-electron chi connectivity index (χ3n) is 31.7. The molecule has 26 atom stereocenters. The molecule has 16 heteroatoms. The first-order valence-corrected chi connectivity index (χ1v) is 35.7. The quantitative estimate of drug-likeness (QED) is 0.148. The maximum absolute atomic E-state index is 12.8. The van der Waals surface area contributed by atoms with Crippen molar-refractivity contribution >= 4 is 26.5 Å². The van der Waals surface area contributed by atoms with Gasteiger partial charge in [0.15, 0.2) is 12.6 Å². The molecule has 16 fully saturated rings. The zero-order chi connectivity index (χ0) is 60.3. The molecule has 16 rings (SSSR count). The standard InChI is InChI=1S/C36H57NO6.C36H55NO6.B.Na.H/c2*1-21-16-23(19-38)42-30-29(21)33(4)12-13-36-20-35(36)11-10-26(32(2,3)24(35)8-9-25(36)34(33,5)31(30)40)43-28-18-37(14-15-41-28)27(39)17-22-6-7-22;;;/h21-26,28-31,38,40H,6-20H2,1-5H3;19,21-26,28-31,40H,6-18,20H2,1-5H3;;;/q;;;+1;-1/t2*21-,23-,24+,25+,26+,28+,29+,30+,31+,33-,34-,35-,36+;;;/m11.../s1. The molecule has 4 spiro atoms. The Labute approximate surface area is 553 Å². The summed E-state index contributed by atoms with van der Waals surface area (Å²) in [6.07, 6.45) is 23.1. The number of aliphatic hydroxyl groups excluding tert-OH is 3. The Balaban J connectivity index is 0.000000167. The van der Waals surface area contributed by atoms with E-state index in [0.29, 0.717) is 133 Å². The van der Waals surface area contributed by atoms with E-state index in [9.17, 15) is 29.7 Å². The van der Waals surface area contributed by atoms with Crippen LogP contribution in [0.3, 0.4) is 0 Å². The van der Waals surface area contributed by atoms with Gasteiger partial charge in [-0.15, -0.1) is 0 Å². The topological polar surface area (TPSA) is 174 Å². The van der Waals surface area contributed by atoms with Gasteiger partial charge in [0, 0.05) is 45.2 Å². The van der Waals surface area contributed by atoms with Crippen LogP contribution in [0.4, 0.5) is 0 Å². The average molecular weight is 1230 g/mol. The number of fused-ring (bicyclic) bond motifs is 8. The second kappa shape index (κ2) is 22.4. The number of carbonyl (C=O) groups is 3. The van der Waals surface area contributed by atoms with Crippen LogP contribution in [0, 0.1) is 113 Å². The third kappa shape index (κ3) is 9.16. The Bertz CT molecular complexity index is 2690. The minimum absolute atomic E-state index is 0. The van der Waals surface area contributed by atoms with Crippen LogP contribution < -0.4 is 29.6 Å². The van der Waals surface area contributed by atoms with E-state index in [2.05, 4.69) is 69.2 Å². The molecule has 88 heavy (non-hydrogen) atoms. The van der Waals surface area contributed by atoms with E-state index in [1.165, 1.54) is 89.9 Å². The van der Waals surface area contributed by atoms with Crippen LogP contribution in [-0.4, -0.2) is 159 Å². The van der Waals surface area contributed by atoms with Crippen LogP contribution in [0.2, 0.25) is 0 Å². The number of morpholine rings is 2. The maximum atomic E-state index is 12.8. The van der Waals surface area contributed by atoms with Crippen LogP contribution in [0.5, 0.6) is 0 Å². The summed E-state index contributed by atoms with van der Waals surface area (Å²) in [5.41, 5.74) is 1.04. The number of nitrogens with zero attached hydrogens (tertiary/aromatic N) is 2. The average Bonchev–Trinajstić information content (AvgIpc) is 1.47. The van der Waals surface area contributed by atoms with Crippen molar-refractivity contribution in [1.82, 2.24) is 9.80 Å². The molecule has 0 aromatic heterocycles. The molecule has 0 unspecified atom stereocenters. The monoisotopic (exact) mass is 1230 g/mol. The molecule has 2 amide bonds. The van der Waals surface area contributed by atoms with Crippen molar-refractivity contribution in [2.75, 3.05) is 46.0 Å². The minimum Gasteiger partial charge on any atom is -1.00 e. The van der Waals surface area contributed by atoms with Crippen molar-refractivity contribution in [3.05, 3.63) is 0 Å². The SMILES string of the molecule is C[C@@H]1C[C@H](C=O)O[C@H]2[C@H]1[C@@]1(C)CC[C@@]34C[C@@]35CC[C@H](O[C@H]3CN(C(=O)CC6CC6)CCO3)C(C)(C)[C@@H]5CC[C@H]4[C@]1(C)[C@H]2O.C[C@@H]1C[C@H](CO)O[C@H]2[C@H]1[C@@]1(C)CC[C@@]34C[C@@]35CC[C@H](O[C@H]3CN(C(=O)CC6CC6)CCO3)C(C)(C)[C@@H]5CC[C@H]4[C@]1(C)[C@H]2O.[B].[H-].[Na+]. The van der Waals surface area contributed by atoms with E-state index in [0.717, 1.165) is 44.8 Å². The number of rotatable bonds is 10. The molecule has 4 saturated heterocycles. The summed E-state index contributed by atoms with van der Waals surface area (Å²) in [6.45, 7) is 27.9. The van der Waals surface area contributed by atoms with Gasteiger partial charge in [0.05, 0.1) is 75.6 Å². The van der Waals surface area contributed by atoms with Gasteiger partial charge >= 0.3 is 29.6 Å². The van der Waals surface area contributed by atoms with Crippen LogP contribution in [-0.2, 0) is 42.8 Å². The van der Waals surface area contributed by atoms with Crippen LogP contribution in [0.1, 0.15) is 212 Å². The molecule has 12 aliphatic carbocycles. The number of amides is 2. The molecule has 14 nitrogen and oxygen atoms in total. The molecule has 0 aromatic carbocycles. The molecule has 3 N–H and O–H groups in total. The summed E-state index contributed by atoms with van der Waals surface area (Å²) in [7, 11) is 0. The zero-order valence-corrected chi connectivity index (χ0v) is 58.1. The predicted molar refractivity (Wildman–Crippen MR) is 329 cm³/mol. The Morgan fingerprint density at radius 2 is 0.977 bits per heavy atom. The van der Waals surface area contributed by atoms with Crippen molar-refractivity contribution in [2.24, 2.45) is 113 Å². The third-order valence-corrected chi connectivity index (χ3v) is 31.7. The Morgan fingerprint density at radius 3 is 1.40 bits per heavy atom. The second-order valence-corrected chi connectivity index (χ2v) is 35.3. The smallest absolute Gasteiger partial charge is 1.00 e. The minimum atomic E-state index is -0.522. The first-order chi connectivity index (χ1) is 40.8. The van der Waals surface area contributed by atoms with Gasteiger partial charge in [-0.1, -0.05) is 69.2 Å². The summed E-state index contributed by atoms with van der Waals surface area (Å²) in [6, 6.07) is 0. The second-order valence-electron chi connectivity index (χ2n) is 35.3. The number of aldehydes is 1. The first kappa shape index (κ1) is 66.0. The van der Waals surface area contributed by atoms with Crippen molar-refractivity contribution < 1.29 is 89.1 Å². The molecule has 4 heterocycles. The number of carbonyl (C=O) groups excluding carboxylic acids is 3. The molecule has 12 saturated carbocycles. The van der Waals surface area contributed by atoms with Gasteiger partial charge in [-0.3, -0.25) is 9.59 Å². The molecule has 0 aromatic rings. The van der Waals surface area contributed by atoms with Crippen molar-refractivity contribution in [2.45, 2.75) is 272 Å². The fourth-order valence-corrected chi connectivity index (χ4v) is 27.0. The summed E-state index contributed by atoms with van der Waals surface area (Å²) >= 11 is 0. The van der Waals surface area contributed by atoms with E-state index in [-0.39, 0.29) is 140 Å². The van der Waals surface area contributed by atoms with Crippen molar-refractivity contribution in [1.29, 1.82) is 0 Å². The van der Waals surface area contributed by atoms with Crippen LogP contribution in [0.15, 0.2) is 0 Å². The Kier molecular flexibility index (Phi) is 16.8. The molecular weight excluding hydrogens is 1120 g/mol. The summed E-state index contributed by atoms with van der Waals surface area (Å²) in [4.78, 5) is 41.4. The molecule has 487 valence electrons. The Hall–Kier alpha value is -0.685. The number of ether oxygens (including phenoxy) is 6. The first-order valence-electron chi connectivity index (χ1n) is 35.7. The van der Waals surface area contributed by atoms with Crippen molar-refractivity contribution in [3.8, 4) is 0 Å². The Morgan fingerprint density at radius 1 is 0.568 bits per heavy atom. The van der Waals surface area contributed by atoms with Crippen LogP contribution >= 0.6 is 0 Å². The molecule has 16 aliphatic rings. The van der Waals surface area contributed by atoms with Gasteiger partial charge in [-0.05, 0) is 231 Å². The van der Waals surface area contributed by atoms with E-state index in [4.69, 9.17) is 28.4 Å². The van der Waals surface area contributed by atoms with Crippen molar-refractivity contribution in [3.63, 3.8) is 0 Å². The molecular formula is C72H113BN2NaO12. The number of aliphatic hydroxyl groups is 3. The van der Waals surface area contributed by atoms with E-state index < -0.39 is 12.2 Å². The van der Waals surface area contributed by atoms with Crippen LogP contribution in [0.25, 0.3) is 0 Å². The maximum Gasteiger partial charge on any atom is 1.00 e. The number of hydrogen-bond acceptors (Lipinski definition) is 12. The fourth-order valence-electron chi connectivity index (χ4n) is 27.0. The van der Waals surface area contributed by atoms with Gasteiger partial charge < -0.3 is 59.8 Å². The van der Waals surface area contributed by atoms with Gasteiger partial charge in [0.1, 0.15) is 12.4 Å². The predicted octanol–water partition coefficient (Wildman–Crippen LogP) is 7.27. The van der Waals surface area contributed by atoms with Gasteiger partial charge in [-0.25, -0.2) is 0 Å². The van der Waals surface area contributed by atoms with Gasteiger partial charge in [0.2, 0.25) is 11.8 Å². The largest absolute Gasteiger partial charge is 1.00 e. The fraction of sp³-hybridized carbons (Fsp3) is 0.958. The summed E-state index contributed by atoms with van der Waals surface area (Å²) in [5, 5.41) is 34.4. The van der Waals surface area contributed by atoms with Gasteiger partial charge in [0.25, 0.3) is 0 Å². The molecule has 3 radical (unpaired) electrons. The normalized spacial score (nSPS) is 53.6. The summed E-state index contributed by atoms with van der Waals surface area (Å²) < 4.78 is 38.7. The van der Waals surface area contributed by atoms with E-state index >= 15 is 0 Å². The number of hydrogen-bond donors (Lipinski definition) is 3. The van der Waals surface area contributed by atoms with E-state index in [1.807, 2.05) is 9.80 Å². The van der Waals surface area contributed by atoms with Gasteiger partial charge in [-0.2, -0.15) is 0 Å². The zero-order valence-electron chi connectivity index (χ0n) is 57.1. The molecule has 4 aliphatic heterocycles. The molecule has 0 bridgehead atoms. The summed E-state index contributed by atoms with van der Waals surface area (Å²) in [5.74, 6) is 5.43. The van der Waals surface area contributed by atoms with E-state index in [1.54, 1.807) is 0 Å².